The van der Waals surface area contributed by atoms with E-state index in [1.54, 1.807) is 0 Å². The summed E-state index contributed by atoms with van der Waals surface area (Å²) >= 11 is 0. The summed E-state index contributed by atoms with van der Waals surface area (Å²) in [4.78, 5) is 27.1. The molecule has 3 rings (SSSR count). The number of benzene rings is 1. The highest BCUT2D eigenvalue weighted by atomic mass is 16.5. The van der Waals surface area contributed by atoms with Crippen LogP contribution in [0.2, 0.25) is 0 Å². The van der Waals surface area contributed by atoms with Gasteiger partial charge in [-0.3, -0.25) is 9.69 Å². The molecule has 0 saturated carbocycles. The normalized spacial score (nSPS) is 24.6. The van der Waals surface area contributed by atoms with E-state index in [9.17, 15) is 9.59 Å². The van der Waals surface area contributed by atoms with E-state index in [0.717, 1.165) is 36.9 Å². The fraction of sp³-hybridized carbons (Fsp3) is 0.500. The number of allylic oxidation sites excluding steroid dienone is 1. The van der Waals surface area contributed by atoms with Crippen LogP contribution in [0, 0.1) is 11.8 Å². The molecule has 0 aromatic heterocycles. The molecule has 1 heterocycles. The first kappa shape index (κ1) is 16.9. The molecule has 4 nitrogen and oxygen atoms in total. The summed E-state index contributed by atoms with van der Waals surface area (Å²) < 4.78 is 5.02. The Morgan fingerprint density at radius 2 is 2.04 bits per heavy atom. The van der Waals surface area contributed by atoms with Crippen molar-refractivity contribution >= 4 is 11.8 Å². The van der Waals surface area contributed by atoms with E-state index in [1.807, 2.05) is 30.3 Å². The molecule has 1 aliphatic carbocycles. The zero-order valence-electron chi connectivity index (χ0n) is 14.4. The molecule has 0 N–H and O–H groups in total. The van der Waals surface area contributed by atoms with Gasteiger partial charge in [-0.2, -0.15) is 0 Å². The highest BCUT2D eigenvalue weighted by molar-refractivity contribution is 6.00. The number of rotatable bonds is 6. The molecule has 1 fully saturated rings. The number of carbonyl (C=O) groups is 2. The van der Waals surface area contributed by atoms with Gasteiger partial charge in [0.1, 0.15) is 6.04 Å². The summed E-state index contributed by atoms with van der Waals surface area (Å²) in [5, 5.41) is 0. The van der Waals surface area contributed by atoms with E-state index in [4.69, 9.17) is 4.74 Å². The second-order valence-electron chi connectivity index (χ2n) is 6.72. The molecule has 3 atom stereocenters. The zero-order valence-corrected chi connectivity index (χ0v) is 14.4. The highest BCUT2D eigenvalue weighted by Gasteiger charge is 2.45. The molecule has 128 valence electrons. The second-order valence-corrected chi connectivity index (χ2v) is 6.72. The van der Waals surface area contributed by atoms with Crippen LogP contribution in [0.3, 0.4) is 0 Å². The van der Waals surface area contributed by atoms with Crippen LogP contribution in [-0.4, -0.2) is 36.9 Å². The van der Waals surface area contributed by atoms with E-state index in [0.29, 0.717) is 6.54 Å². The van der Waals surface area contributed by atoms with Crippen molar-refractivity contribution in [3.8, 4) is 0 Å². The summed E-state index contributed by atoms with van der Waals surface area (Å²) in [6.45, 7) is 3.51. The Bertz CT molecular complexity index is 638. The van der Waals surface area contributed by atoms with Gasteiger partial charge in [-0.05, 0) is 24.0 Å². The monoisotopic (exact) mass is 327 g/mol. The van der Waals surface area contributed by atoms with E-state index in [-0.39, 0.29) is 23.6 Å². The summed E-state index contributed by atoms with van der Waals surface area (Å²) in [7, 11) is 1.42. The van der Waals surface area contributed by atoms with E-state index >= 15 is 0 Å². The van der Waals surface area contributed by atoms with Gasteiger partial charge in [-0.25, -0.2) is 4.79 Å². The van der Waals surface area contributed by atoms with Crippen LogP contribution in [-0.2, 0) is 14.3 Å². The number of hydrogen-bond donors (Lipinski definition) is 0. The van der Waals surface area contributed by atoms with Crippen molar-refractivity contribution < 1.29 is 14.3 Å². The quantitative estimate of drug-likeness (QED) is 0.753. The Morgan fingerprint density at radius 1 is 1.29 bits per heavy atom. The topological polar surface area (TPSA) is 46.6 Å². The number of carbonyl (C=O) groups excluding carboxylic acids is 2. The van der Waals surface area contributed by atoms with Crippen LogP contribution < -0.4 is 0 Å². The largest absolute Gasteiger partial charge is 0.468 e. The van der Waals surface area contributed by atoms with Crippen LogP contribution in [0.15, 0.2) is 42.0 Å². The Labute approximate surface area is 143 Å². The Kier molecular flexibility index (Phi) is 5.14. The number of ether oxygens (including phenoxy) is 1. The van der Waals surface area contributed by atoms with Gasteiger partial charge >= 0.3 is 5.97 Å². The second kappa shape index (κ2) is 7.31. The summed E-state index contributed by atoms with van der Waals surface area (Å²) in [6, 6.07) is 9.25. The third kappa shape index (κ3) is 3.16. The lowest BCUT2D eigenvalue weighted by Crippen LogP contribution is -2.34. The van der Waals surface area contributed by atoms with Gasteiger partial charge in [0, 0.05) is 24.9 Å². The van der Waals surface area contributed by atoms with Gasteiger partial charge in [0.05, 0.1) is 7.11 Å². The SMILES string of the molecule is CCCCC1=CC2CN(C(C(=O)OC)c3ccccc3)CC2C1=O. The van der Waals surface area contributed by atoms with Crippen molar-refractivity contribution in [1.82, 2.24) is 4.90 Å². The number of nitrogens with zero attached hydrogens (tertiary/aromatic N) is 1. The minimum absolute atomic E-state index is 0.00715. The smallest absolute Gasteiger partial charge is 0.327 e. The fourth-order valence-electron chi connectivity index (χ4n) is 3.91. The lowest BCUT2D eigenvalue weighted by atomic mass is 9.97. The van der Waals surface area contributed by atoms with Crippen LogP contribution in [0.4, 0.5) is 0 Å². The van der Waals surface area contributed by atoms with Gasteiger partial charge in [-0.15, -0.1) is 0 Å². The van der Waals surface area contributed by atoms with Crippen LogP contribution in [0.5, 0.6) is 0 Å². The number of likely N-dealkylation sites (tertiary alicyclic amines) is 1. The van der Waals surface area contributed by atoms with Crippen molar-refractivity contribution in [2.75, 3.05) is 20.2 Å². The van der Waals surface area contributed by atoms with Crippen LogP contribution in [0.25, 0.3) is 0 Å². The third-order valence-electron chi connectivity index (χ3n) is 5.17. The Hall–Kier alpha value is -1.94. The van der Waals surface area contributed by atoms with Gasteiger partial charge in [0.15, 0.2) is 5.78 Å². The number of hydrogen-bond acceptors (Lipinski definition) is 4. The minimum Gasteiger partial charge on any atom is -0.468 e. The average molecular weight is 327 g/mol. The summed E-state index contributed by atoms with van der Waals surface area (Å²) in [5.74, 6) is 0.268. The molecule has 1 saturated heterocycles. The van der Waals surface area contributed by atoms with Crippen molar-refractivity contribution in [1.29, 1.82) is 0 Å². The summed E-state index contributed by atoms with van der Waals surface area (Å²) in [6.07, 6.45) is 5.21. The van der Waals surface area contributed by atoms with E-state index in [2.05, 4.69) is 17.9 Å². The molecule has 24 heavy (non-hydrogen) atoms. The predicted octanol–water partition coefficient (Wildman–Crippen LogP) is 3.15. The fourth-order valence-corrected chi connectivity index (χ4v) is 3.91. The molecule has 1 aliphatic heterocycles. The molecule has 0 bridgehead atoms. The molecule has 0 radical (unpaired) electrons. The van der Waals surface area contributed by atoms with Crippen molar-refractivity contribution in [2.24, 2.45) is 11.8 Å². The van der Waals surface area contributed by atoms with Crippen LogP contribution in [0.1, 0.15) is 37.8 Å². The average Bonchev–Trinajstić information content (AvgIpc) is 3.13. The minimum atomic E-state index is -0.429. The van der Waals surface area contributed by atoms with Crippen molar-refractivity contribution in [3.63, 3.8) is 0 Å². The first-order valence-electron chi connectivity index (χ1n) is 8.77. The molecular formula is C20H25NO3. The number of esters is 1. The summed E-state index contributed by atoms with van der Waals surface area (Å²) in [5.41, 5.74) is 1.92. The molecule has 1 aromatic carbocycles. The Balaban J connectivity index is 1.78. The number of unbranched alkanes of at least 4 members (excludes halogenated alkanes) is 1. The van der Waals surface area contributed by atoms with E-state index < -0.39 is 6.04 Å². The first-order valence-corrected chi connectivity index (χ1v) is 8.77. The Morgan fingerprint density at radius 3 is 2.67 bits per heavy atom. The molecule has 1 aromatic rings. The molecule has 3 unspecified atom stereocenters. The van der Waals surface area contributed by atoms with Crippen molar-refractivity contribution in [2.45, 2.75) is 32.2 Å². The van der Waals surface area contributed by atoms with Gasteiger partial charge in [0.2, 0.25) is 0 Å². The maximum absolute atomic E-state index is 12.6. The van der Waals surface area contributed by atoms with Crippen LogP contribution >= 0.6 is 0 Å². The molecule has 0 amide bonds. The maximum Gasteiger partial charge on any atom is 0.327 e. The zero-order chi connectivity index (χ0) is 17.1. The standard InChI is InChI=1S/C20H25NO3/c1-3-4-8-15-11-16-12-21(13-17(16)19(15)22)18(20(23)24-2)14-9-6-5-7-10-14/h5-7,9-11,16-18H,3-4,8,12-13H2,1-2H3. The van der Waals surface area contributed by atoms with Gasteiger partial charge in [0.25, 0.3) is 0 Å². The number of fused-ring (bicyclic) bond motifs is 1. The van der Waals surface area contributed by atoms with Gasteiger partial charge in [-0.1, -0.05) is 49.8 Å². The molecule has 0 spiro atoms. The predicted molar refractivity (Wildman–Crippen MR) is 92.4 cm³/mol. The number of Topliss-reactive ketones (excluding diaryl/α,β-unsaturated/α-hetero) is 1. The highest BCUT2D eigenvalue weighted by Crippen LogP contribution is 2.39. The molecular weight excluding hydrogens is 302 g/mol. The number of methoxy groups -OCH3 is 1. The van der Waals surface area contributed by atoms with Crippen molar-refractivity contribution in [3.05, 3.63) is 47.5 Å². The number of ketones is 1. The first-order chi connectivity index (χ1) is 11.7. The molecule has 4 heteroatoms. The maximum atomic E-state index is 12.6. The molecule has 2 aliphatic rings. The lowest BCUT2D eigenvalue weighted by Gasteiger charge is -2.26. The van der Waals surface area contributed by atoms with E-state index in [1.165, 1.54) is 7.11 Å². The lowest BCUT2D eigenvalue weighted by molar-refractivity contribution is -0.147. The third-order valence-corrected chi connectivity index (χ3v) is 5.17. The van der Waals surface area contributed by atoms with Gasteiger partial charge < -0.3 is 4.74 Å².